The highest BCUT2D eigenvalue weighted by atomic mass is 15.3. The van der Waals surface area contributed by atoms with E-state index in [0.717, 1.165) is 16.9 Å². The van der Waals surface area contributed by atoms with E-state index in [2.05, 4.69) is 40.3 Å². The second-order valence-electron chi connectivity index (χ2n) is 4.89. The van der Waals surface area contributed by atoms with E-state index in [1.807, 2.05) is 55.3 Å². The molecule has 0 atom stereocenters. The maximum absolute atomic E-state index is 4.68. The molecule has 1 aromatic heterocycles. The smallest absolute Gasteiger partial charge is 0.0948 e. The first kappa shape index (κ1) is 12.5. The van der Waals surface area contributed by atoms with Crippen molar-refractivity contribution in [2.45, 2.75) is 0 Å². The monoisotopic (exact) mass is 263 g/mol. The van der Waals surface area contributed by atoms with Crippen molar-refractivity contribution >= 4 is 5.69 Å². The lowest BCUT2D eigenvalue weighted by Crippen LogP contribution is -2.09. The van der Waals surface area contributed by atoms with Gasteiger partial charge in [0, 0.05) is 31.5 Å². The van der Waals surface area contributed by atoms with E-state index >= 15 is 0 Å². The van der Waals surface area contributed by atoms with Gasteiger partial charge in [-0.15, -0.1) is 0 Å². The Hall–Kier alpha value is -2.55. The maximum atomic E-state index is 4.68. The molecule has 0 amide bonds. The molecule has 3 heteroatoms. The molecule has 0 saturated heterocycles. The Kier molecular flexibility index (Phi) is 3.25. The molecule has 3 aromatic rings. The van der Waals surface area contributed by atoms with Gasteiger partial charge in [-0.1, -0.05) is 36.4 Å². The molecule has 0 aliphatic carbocycles. The molecule has 0 aliphatic rings. The summed E-state index contributed by atoms with van der Waals surface area (Å²) in [5, 5.41) is 4.68. The normalized spacial score (nSPS) is 10.5. The van der Waals surface area contributed by atoms with Crippen molar-refractivity contribution < 1.29 is 0 Å². The molecule has 0 N–H and O–H groups in total. The van der Waals surface area contributed by atoms with Gasteiger partial charge in [0.1, 0.15) is 0 Å². The zero-order valence-corrected chi connectivity index (χ0v) is 11.7. The van der Waals surface area contributed by atoms with Crippen LogP contribution in [0.1, 0.15) is 0 Å². The van der Waals surface area contributed by atoms with Crippen LogP contribution in [0.25, 0.3) is 16.9 Å². The zero-order chi connectivity index (χ0) is 13.9. The Morgan fingerprint density at radius 1 is 0.850 bits per heavy atom. The molecule has 20 heavy (non-hydrogen) atoms. The summed E-state index contributed by atoms with van der Waals surface area (Å²) in [4.78, 5) is 2.11. The number of hydrogen-bond donors (Lipinski definition) is 0. The lowest BCUT2D eigenvalue weighted by atomic mass is 10.1. The molecule has 0 unspecified atom stereocenters. The fourth-order valence-electron chi connectivity index (χ4n) is 2.27. The van der Waals surface area contributed by atoms with Crippen molar-refractivity contribution in [3.63, 3.8) is 0 Å². The van der Waals surface area contributed by atoms with Crippen molar-refractivity contribution in [2.24, 2.45) is 0 Å². The van der Waals surface area contributed by atoms with Crippen molar-refractivity contribution in [1.82, 2.24) is 9.78 Å². The number of aromatic nitrogens is 2. The molecule has 3 nitrogen and oxygen atoms in total. The summed E-state index contributed by atoms with van der Waals surface area (Å²) in [5.41, 5.74) is 4.37. The molecule has 0 bridgehead atoms. The van der Waals surface area contributed by atoms with E-state index in [4.69, 9.17) is 0 Å². The summed E-state index contributed by atoms with van der Waals surface area (Å²) >= 11 is 0. The molecular formula is C17H17N3. The zero-order valence-electron chi connectivity index (χ0n) is 11.7. The third-order valence-corrected chi connectivity index (χ3v) is 3.27. The van der Waals surface area contributed by atoms with Crippen LogP contribution >= 0.6 is 0 Å². The minimum absolute atomic E-state index is 0.984. The molecule has 0 saturated carbocycles. The van der Waals surface area contributed by atoms with Gasteiger partial charge in [-0.05, 0) is 24.3 Å². The standard InChI is InChI=1S/C17H17N3/c1-19(2)17-11-7-6-10-15(17)16-12-13-20(18-16)14-8-4-3-5-9-14/h3-13H,1-2H3. The fourth-order valence-corrected chi connectivity index (χ4v) is 2.27. The van der Waals surface area contributed by atoms with Gasteiger partial charge in [0.05, 0.1) is 11.4 Å². The van der Waals surface area contributed by atoms with Crippen LogP contribution < -0.4 is 4.90 Å². The van der Waals surface area contributed by atoms with Crippen molar-refractivity contribution in [1.29, 1.82) is 0 Å². The fraction of sp³-hybridized carbons (Fsp3) is 0.118. The lowest BCUT2D eigenvalue weighted by Gasteiger charge is -2.15. The molecule has 2 aromatic carbocycles. The topological polar surface area (TPSA) is 21.1 Å². The highest BCUT2D eigenvalue weighted by molar-refractivity contribution is 5.75. The van der Waals surface area contributed by atoms with E-state index in [1.165, 1.54) is 5.69 Å². The Balaban J connectivity index is 2.03. The molecule has 3 rings (SSSR count). The highest BCUT2D eigenvalue weighted by Gasteiger charge is 2.09. The van der Waals surface area contributed by atoms with Crippen LogP contribution in [0.5, 0.6) is 0 Å². The number of para-hydroxylation sites is 2. The van der Waals surface area contributed by atoms with Crippen molar-refractivity contribution in [3.8, 4) is 16.9 Å². The van der Waals surface area contributed by atoms with Gasteiger partial charge in [-0.2, -0.15) is 5.10 Å². The summed E-state index contributed by atoms with van der Waals surface area (Å²) in [5.74, 6) is 0. The SMILES string of the molecule is CN(C)c1ccccc1-c1ccn(-c2ccccc2)n1. The van der Waals surface area contributed by atoms with Crippen LogP contribution in [0.4, 0.5) is 5.69 Å². The van der Waals surface area contributed by atoms with E-state index in [0.29, 0.717) is 0 Å². The first-order valence-corrected chi connectivity index (χ1v) is 6.63. The van der Waals surface area contributed by atoms with Crippen LogP contribution in [-0.2, 0) is 0 Å². The summed E-state index contributed by atoms with van der Waals surface area (Å²) in [6, 6.07) is 20.5. The predicted octanol–water partition coefficient (Wildman–Crippen LogP) is 3.61. The molecular weight excluding hydrogens is 246 g/mol. The lowest BCUT2D eigenvalue weighted by molar-refractivity contribution is 0.884. The number of rotatable bonds is 3. The van der Waals surface area contributed by atoms with Crippen LogP contribution in [-0.4, -0.2) is 23.9 Å². The predicted molar refractivity (Wildman–Crippen MR) is 83.3 cm³/mol. The van der Waals surface area contributed by atoms with Gasteiger partial charge in [0.25, 0.3) is 0 Å². The van der Waals surface area contributed by atoms with E-state index in [-0.39, 0.29) is 0 Å². The largest absolute Gasteiger partial charge is 0.377 e. The van der Waals surface area contributed by atoms with Gasteiger partial charge in [-0.3, -0.25) is 0 Å². The summed E-state index contributed by atoms with van der Waals surface area (Å²) < 4.78 is 1.90. The van der Waals surface area contributed by atoms with E-state index < -0.39 is 0 Å². The van der Waals surface area contributed by atoms with E-state index in [1.54, 1.807) is 0 Å². The molecule has 0 aliphatic heterocycles. The summed E-state index contributed by atoms with van der Waals surface area (Å²) in [6.45, 7) is 0. The minimum Gasteiger partial charge on any atom is -0.377 e. The first-order chi connectivity index (χ1) is 9.75. The van der Waals surface area contributed by atoms with Crippen molar-refractivity contribution in [3.05, 3.63) is 66.9 Å². The molecule has 0 radical (unpaired) electrons. The molecule has 1 heterocycles. The van der Waals surface area contributed by atoms with Gasteiger partial charge in [0.15, 0.2) is 0 Å². The Morgan fingerprint density at radius 3 is 2.30 bits per heavy atom. The molecule has 0 fully saturated rings. The minimum atomic E-state index is 0.984. The second-order valence-corrected chi connectivity index (χ2v) is 4.89. The number of anilines is 1. The Bertz CT molecular complexity index is 699. The van der Waals surface area contributed by atoms with Gasteiger partial charge in [-0.25, -0.2) is 4.68 Å². The first-order valence-electron chi connectivity index (χ1n) is 6.63. The number of benzene rings is 2. The Morgan fingerprint density at radius 2 is 1.55 bits per heavy atom. The number of hydrogen-bond acceptors (Lipinski definition) is 2. The van der Waals surface area contributed by atoms with Crippen LogP contribution in [0.15, 0.2) is 66.9 Å². The van der Waals surface area contributed by atoms with Gasteiger partial charge >= 0.3 is 0 Å². The Labute approximate surface area is 119 Å². The average Bonchev–Trinajstić information content (AvgIpc) is 2.98. The van der Waals surface area contributed by atoms with Crippen LogP contribution in [0.3, 0.4) is 0 Å². The van der Waals surface area contributed by atoms with Crippen LogP contribution in [0.2, 0.25) is 0 Å². The second kappa shape index (κ2) is 5.21. The molecule has 100 valence electrons. The van der Waals surface area contributed by atoms with Gasteiger partial charge in [0.2, 0.25) is 0 Å². The maximum Gasteiger partial charge on any atom is 0.0948 e. The van der Waals surface area contributed by atoms with Crippen molar-refractivity contribution in [2.75, 3.05) is 19.0 Å². The summed E-state index contributed by atoms with van der Waals surface area (Å²) in [6.07, 6.45) is 2.00. The summed E-state index contributed by atoms with van der Waals surface area (Å²) in [7, 11) is 4.10. The highest BCUT2D eigenvalue weighted by Crippen LogP contribution is 2.28. The quantitative estimate of drug-likeness (QED) is 0.720. The van der Waals surface area contributed by atoms with Crippen LogP contribution in [0, 0.1) is 0 Å². The number of nitrogens with zero attached hydrogens (tertiary/aromatic N) is 3. The van der Waals surface area contributed by atoms with E-state index in [9.17, 15) is 0 Å². The third kappa shape index (κ3) is 2.30. The molecule has 0 spiro atoms. The average molecular weight is 263 g/mol. The third-order valence-electron chi connectivity index (χ3n) is 3.27. The van der Waals surface area contributed by atoms with Gasteiger partial charge < -0.3 is 4.90 Å².